The molecule has 0 fully saturated rings. The summed E-state index contributed by atoms with van der Waals surface area (Å²) in [5.41, 5.74) is 0.868. The number of hydrogen-bond donors (Lipinski definition) is 2. The molecule has 2 N–H and O–H groups in total. The Morgan fingerprint density at radius 3 is 2.50 bits per heavy atom. The summed E-state index contributed by atoms with van der Waals surface area (Å²) in [5, 5.41) is 5.25. The van der Waals surface area contributed by atoms with E-state index in [1.807, 2.05) is 19.1 Å². The van der Waals surface area contributed by atoms with Gasteiger partial charge in [0.2, 0.25) is 0 Å². The highest BCUT2D eigenvalue weighted by molar-refractivity contribution is 5.97. The Morgan fingerprint density at radius 2 is 1.96 bits per heavy atom. The second kappa shape index (κ2) is 9.85. The molecule has 0 saturated heterocycles. The van der Waals surface area contributed by atoms with Gasteiger partial charge in [-0.3, -0.25) is 4.79 Å². The van der Waals surface area contributed by atoms with E-state index in [9.17, 15) is 18.0 Å². The highest BCUT2D eigenvalue weighted by Gasteiger charge is 2.32. The molecule has 3 nitrogen and oxygen atoms in total. The van der Waals surface area contributed by atoms with Gasteiger partial charge in [-0.15, -0.1) is 0 Å². The number of rotatable bonds is 8. The maximum absolute atomic E-state index is 13.2. The zero-order valence-corrected chi connectivity index (χ0v) is 15.3. The van der Waals surface area contributed by atoms with Crippen molar-refractivity contribution >= 4 is 11.6 Å². The molecule has 0 heterocycles. The van der Waals surface area contributed by atoms with Gasteiger partial charge >= 0.3 is 6.18 Å². The number of amides is 1. The van der Waals surface area contributed by atoms with Crippen LogP contribution in [0.2, 0.25) is 0 Å². The Hall–Kier alpha value is -2.50. The van der Waals surface area contributed by atoms with Gasteiger partial charge in [-0.05, 0) is 43.5 Å². The molecule has 0 aromatic heterocycles. The molecule has 0 spiro atoms. The number of nitrogens with one attached hydrogen (secondary N) is 2. The van der Waals surface area contributed by atoms with E-state index in [1.165, 1.54) is 0 Å². The topological polar surface area (TPSA) is 41.1 Å². The van der Waals surface area contributed by atoms with Crippen LogP contribution in [0.1, 0.15) is 39.2 Å². The summed E-state index contributed by atoms with van der Waals surface area (Å²) in [4.78, 5) is 12.3. The third-order valence-electron chi connectivity index (χ3n) is 3.37. The summed E-state index contributed by atoms with van der Waals surface area (Å²) in [7, 11) is 0. The number of hydrogen-bond acceptors (Lipinski definition) is 2. The smallest absolute Gasteiger partial charge is 0.351 e. The molecule has 1 amide bonds. The predicted octanol–water partition coefficient (Wildman–Crippen LogP) is 5.48. The van der Waals surface area contributed by atoms with E-state index in [4.69, 9.17) is 0 Å². The summed E-state index contributed by atoms with van der Waals surface area (Å²) in [6.45, 7) is 8.77. The number of allylic oxidation sites excluding steroid dienone is 4. The van der Waals surface area contributed by atoms with Gasteiger partial charge in [0.25, 0.3) is 5.91 Å². The van der Waals surface area contributed by atoms with Crippen LogP contribution in [0.25, 0.3) is 0 Å². The van der Waals surface area contributed by atoms with Gasteiger partial charge in [0, 0.05) is 11.4 Å². The molecule has 1 aromatic carbocycles. The van der Waals surface area contributed by atoms with Crippen molar-refractivity contribution in [1.82, 2.24) is 5.32 Å². The van der Waals surface area contributed by atoms with E-state index in [0.29, 0.717) is 11.4 Å². The molecular weight excluding hydrogens is 341 g/mol. The van der Waals surface area contributed by atoms with Crippen LogP contribution in [-0.4, -0.2) is 12.1 Å². The third-order valence-corrected chi connectivity index (χ3v) is 3.37. The Morgan fingerprint density at radius 1 is 1.27 bits per heavy atom. The first kappa shape index (κ1) is 21.5. The van der Waals surface area contributed by atoms with Crippen molar-refractivity contribution in [2.75, 3.05) is 5.32 Å². The number of anilines is 1. The fourth-order valence-electron chi connectivity index (χ4n) is 2.30. The summed E-state index contributed by atoms with van der Waals surface area (Å²) in [5.74, 6) is -0.676. The Bertz CT molecular complexity index is 703. The monoisotopic (exact) mass is 366 g/mol. The summed E-state index contributed by atoms with van der Waals surface area (Å²) >= 11 is 0. The molecule has 142 valence electrons. The number of aryl methyl sites for hydroxylation is 1. The van der Waals surface area contributed by atoms with E-state index in [-0.39, 0.29) is 12.1 Å². The van der Waals surface area contributed by atoms with Crippen molar-refractivity contribution in [3.63, 3.8) is 0 Å². The number of benzene rings is 1. The molecule has 6 heteroatoms. The lowest BCUT2D eigenvalue weighted by Gasteiger charge is -2.15. The van der Waals surface area contributed by atoms with E-state index in [1.54, 1.807) is 26.0 Å². The molecule has 0 aliphatic heterocycles. The summed E-state index contributed by atoms with van der Waals surface area (Å²) < 4.78 is 39.6. The van der Waals surface area contributed by atoms with Crippen molar-refractivity contribution < 1.29 is 18.0 Å². The standard InChI is InChI=1S/C20H25F3N2O/c1-5-8-15-10-7-11-17(12-15)25-18(19(26)24-14(3)4)13-16(9-6-2)20(21,22)23/h7,9-13,25H,3,5-6,8H2,1-2,4H3,(H,24,26)/b16-9-,18-13-. The molecule has 0 unspecified atom stereocenters. The minimum atomic E-state index is -4.55. The number of carbonyl (C=O) groups excluding carboxylic acids is 1. The van der Waals surface area contributed by atoms with Crippen LogP contribution >= 0.6 is 0 Å². The molecule has 0 radical (unpaired) electrons. The lowest BCUT2D eigenvalue weighted by molar-refractivity contribution is -0.116. The molecule has 0 bridgehead atoms. The quantitative estimate of drug-likeness (QED) is 0.472. The van der Waals surface area contributed by atoms with Crippen LogP contribution in [0.5, 0.6) is 0 Å². The minimum absolute atomic E-state index is 0.196. The average Bonchev–Trinajstić information content (AvgIpc) is 2.52. The largest absolute Gasteiger partial charge is 0.416 e. The van der Waals surface area contributed by atoms with Gasteiger partial charge in [-0.2, -0.15) is 13.2 Å². The van der Waals surface area contributed by atoms with Gasteiger partial charge in [-0.25, -0.2) is 0 Å². The van der Waals surface area contributed by atoms with Crippen molar-refractivity contribution in [2.45, 2.75) is 46.2 Å². The lowest BCUT2D eigenvalue weighted by atomic mass is 10.1. The normalized spacial score (nSPS) is 12.7. The highest BCUT2D eigenvalue weighted by atomic mass is 19.4. The molecule has 1 rings (SSSR count). The minimum Gasteiger partial charge on any atom is -0.351 e. The first-order chi connectivity index (χ1) is 12.2. The summed E-state index contributed by atoms with van der Waals surface area (Å²) in [6.07, 6.45) is -0.684. The molecular formula is C20H25F3N2O. The maximum atomic E-state index is 13.2. The van der Waals surface area contributed by atoms with Crippen LogP contribution in [0, 0.1) is 0 Å². The van der Waals surface area contributed by atoms with Crippen LogP contribution in [0.3, 0.4) is 0 Å². The molecule has 0 aliphatic carbocycles. The molecule has 0 aliphatic rings. The number of alkyl halides is 3. The van der Waals surface area contributed by atoms with Crippen LogP contribution < -0.4 is 10.6 Å². The number of carbonyl (C=O) groups is 1. The van der Waals surface area contributed by atoms with E-state index >= 15 is 0 Å². The first-order valence-corrected chi connectivity index (χ1v) is 8.49. The second-order valence-electron chi connectivity index (χ2n) is 5.93. The van der Waals surface area contributed by atoms with Crippen LogP contribution in [0.15, 0.2) is 60.0 Å². The first-order valence-electron chi connectivity index (χ1n) is 8.49. The molecule has 0 atom stereocenters. The van der Waals surface area contributed by atoms with Gasteiger partial charge in [0.15, 0.2) is 0 Å². The average molecular weight is 366 g/mol. The molecule has 0 saturated carbocycles. The Kier molecular flexibility index (Phi) is 8.16. The fourth-order valence-corrected chi connectivity index (χ4v) is 2.30. The van der Waals surface area contributed by atoms with Crippen molar-refractivity contribution in [2.24, 2.45) is 0 Å². The van der Waals surface area contributed by atoms with Crippen molar-refractivity contribution in [1.29, 1.82) is 0 Å². The summed E-state index contributed by atoms with van der Waals surface area (Å²) in [6, 6.07) is 7.26. The SMILES string of the molecule is C=C(C)NC(=O)/C(=C/C(=C/CC)C(F)(F)F)Nc1cccc(CCC)c1. The van der Waals surface area contributed by atoms with Gasteiger partial charge in [0.1, 0.15) is 5.70 Å². The van der Waals surface area contributed by atoms with E-state index in [2.05, 4.69) is 17.2 Å². The van der Waals surface area contributed by atoms with Gasteiger partial charge in [0.05, 0.1) is 5.57 Å². The number of halogens is 3. The van der Waals surface area contributed by atoms with Gasteiger partial charge in [-0.1, -0.05) is 45.1 Å². The third kappa shape index (κ3) is 7.17. The van der Waals surface area contributed by atoms with Crippen LogP contribution in [0.4, 0.5) is 18.9 Å². The zero-order chi connectivity index (χ0) is 19.7. The fraction of sp³-hybridized carbons (Fsp3) is 0.350. The van der Waals surface area contributed by atoms with Crippen molar-refractivity contribution in [3.8, 4) is 0 Å². The second-order valence-corrected chi connectivity index (χ2v) is 5.93. The molecule has 1 aromatic rings. The van der Waals surface area contributed by atoms with Crippen molar-refractivity contribution in [3.05, 3.63) is 65.5 Å². The maximum Gasteiger partial charge on any atom is 0.416 e. The Balaban J connectivity index is 3.26. The van der Waals surface area contributed by atoms with Gasteiger partial charge < -0.3 is 10.6 Å². The lowest BCUT2D eigenvalue weighted by Crippen LogP contribution is -2.27. The zero-order valence-electron chi connectivity index (χ0n) is 15.3. The van der Waals surface area contributed by atoms with Crippen LogP contribution in [-0.2, 0) is 11.2 Å². The molecule has 26 heavy (non-hydrogen) atoms. The van der Waals surface area contributed by atoms with E-state index in [0.717, 1.165) is 30.6 Å². The highest BCUT2D eigenvalue weighted by Crippen LogP contribution is 2.28. The Labute approximate surface area is 152 Å². The van der Waals surface area contributed by atoms with E-state index < -0.39 is 17.7 Å². The predicted molar refractivity (Wildman–Crippen MR) is 99.5 cm³/mol.